The molecule has 4 nitrogen and oxygen atoms in total. The lowest BCUT2D eigenvalue weighted by Crippen LogP contribution is -2.11. The smallest absolute Gasteiger partial charge is 0.148 e. The van der Waals surface area contributed by atoms with Crippen LogP contribution in [0.25, 0.3) is 17.0 Å². The van der Waals surface area contributed by atoms with Crippen LogP contribution in [0.15, 0.2) is 30.6 Å². The van der Waals surface area contributed by atoms with Gasteiger partial charge in [-0.2, -0.15) is 5.26 Å². The Morgan fingerprint density at radius 2 is 2.09 bits per heavy atom. The molecule has 1 aromatic carbocycles. The molecular formula is C17H13FN4. The third-order valence-electron chi connectivity index (χ3n) is 4.15. The Morgan fingerprint density at radius 1 is 1.23 bits per heavy atom. The highest BCUT2D eigenvalue weighted by Crippen LogP contribution is 2.29. The van der Waals surface area contributed by atoms with Gasteiger partial charge < -0.3 is 0 Å². The lowest BCUT2D eigenvalue weighted by molar-refractivity contribution is 0.627. The fraction of sp³-hybridized carbons (Fsp3) is 0.235. The summed E-state index contributed by atoms with van der Waals surface area (Å²) in [4.78, 5) is 9.12. The van der Waals surface area contributed by atoms with Crippen LogP contribution >= 0.6 is 0 Å². The molecule has 0 radical (unpaired) electrons. The van der Waals surface area contributed by atoms with E-state index in [4.69, 9.17) is 10.2 Å². The second kappa shape index (κ2) is 4.92. The van der Waals surface area contributed by atoms with Gasteiger partial charge in [-0.05, 0) is 43.9 Å². The minimum atomic E-state index is -0.378. The molecule has 0 saturated heterocycles. The molecule has 0 unspecified atom stereocenters. The Balaban J connectivity index is 2.04. The predicted molar refractivity (Wildman–Crippen MR) is 79.7 cm³/mol. The number of benzene rings is 1. The van der Waals surface area contributed by atoms with Crippen LogP contribution in [0.1, 0.15) is 29.7 Å². The summed E-state index contributed by atoms with van der Waals surface area (Å²) in [7, 11) is 0. The quantitative estimate of drug-likeness (QED) is 0.691. The minimum Gasteiger partial charge on any atom is -0.284 e. The highest BCUT2D eigenvalue weighted by molar-refractivity contribution is 5.65. The molecule has 4 rings (SSSR count). The van der Waals surface area contributed by atoms with Gasteiger partial charge in [-0.25, -0.2) is 14.4 Å². The summed E-state index contributed by atoms with van der Waals surface area (Å²) in [6, 6.07) is 6.39. The van der Waals surface area contributed by atoms with Crippen molar-refractivity contribution in [2.24, 2.45) is 0 Å². The Bertz CT molecular complexity index is 920. The maximum atomic E-state index is 14.3. The molecule has 0 atom stereocenters. The summed E-state index contributed by atoms with van der Waals surface area (Å²) < 4.78 is 16.1. The number of aromatic nitrogens is 3. The number of halogens is 1. The van der Waals surface area contributed by atoms with Gasteiger partial charge in [0.1, 0.15) is 17.3 Å². The second-order valence-electron chi connectivity index (χ2n) is 5.50. The lowest BCUT2D eigenvalue weighted by atomic mass is 9.96. The largest absolute Gasteiger partial charge is 0.284 e. The van der Waals surface area contributed by atoms with Crippen molar-refractivity contribution >= 4 is 5.65 Å². The standard InChI is InChI=1S/C17H13FN4/c18-14-6-5-11(10-19)9-13(14)17-21-15-4-2-1-3-12(15)16-20-7-8-22(16)17/h5-9H,1-4H2. The maximum Gasteiger partial charge on any atom is 0.148 e. The second-order valence-corrected chi connectivity index (χ2v) is 5.50. The van der Waals surface area contributed by atoms with Crippen molar-refractivity contribution in [3.63, 3.8) is 0 Å². The third-order valence-corrected chi connectivity index (χ3v) is 4.15. The number of aryl methyl sites for hydroxylation is 2. The number of hydrogen-bond acceptors (Lipinski definition) is 3. The molecule has 1 aliphatic rings. The first-order valence-electron chi connectivity index (χ1n) is 7.33. The van der Waals surface area contributed by atoms with Crippen LogP contribution in [0.4, 0.5) is 4.39 Å². The van der Waals surface area contributed by atoms with E-state index in [1.807, 2.05) is 10.5 Å². The molecule has 2 aromatic heterocycles. The van der Waals surface area contributed by atoms with Gasteiger partial charge in [0, 0.05) is 23.7 Å². The number of nitrogens with zero attached hydrogens (tertiary/aromatic N) is 4. The topological polar surface area (TPSA) is 54.0 Å². The predicted octanol–water partition coefficient (Wildman–Crippen LogP) is 3.29. The molecule has 0 spiro atoms. The molecule has 0 aliphatic heterocycles. The fourth-order valence-corrected chi connectivity index (χ4v) is 3.09. The number of rotatable bonds is 1. The zero-order chi connectivity index (χ0) is 15.1. The van der Waals surface area contributed by atoms with E-state index < -0.39 is 0 Å². The highest BCUT2D eigenvalue weighted by Gasteiger charge is 2.20. The number of imidazole rings is 1. The molecule has 22 heavy (non-hydrogen) atoms. The van der Waals surface area contributed by atoms with Crippen LogP contribution < -0.4 is 0 Å². The molecule has 3 aromatic rings. The summed E-state index contributed by atoms with van der Waals surface area (Å²) in [6.45, 7) is 0. The molecular weight excluding hydrogens is 279 g/mol. The van der Waals surface area contributed by atoms with Crippen molar-refractivity contribution in [2.75, 3.05) is 0 Å². The van der Waals surface area contributed by atoms with Gasteiger partial charge in [0.15, 0.2) is 0 Å². The van der Waals surface area contributed by atoms with Crippen LogP contribution in [0.2, 0.25) is 0 Å². The molecule has 108 valence electrons. The van der Waals surface area contributed by atoms with Crippen molar-refractivity contribution in [1.29, 1.82) is 5.26 Å². The van der Waals surface area contributed by atoms with Crippen LogP contribution in [0.3, 0.4) is 0 Å². The van der Waals surface area contributed by atoms with Crippen molar-refractivity contribution < 1.29 is 4.39 Å². The SMILES string of the molecule is N#Cc1ccc(F)c(-c2nc3c(c4nccn24)CCCC3)c1. The van der Waals surface area contributed by atoms with Crippen molar-refractivity contribution in [3.8, 4) is 17.5 Å². The zero-order valence-electron chi connectivity index (χ0n) is 11.9. The first kappa shape index (κ1) is 13.0. The number of hydrogen-bond donors (Lipinski definition) is 0. The molecule has 1 aliphatic carbocycles. The van der Waals surface area contributed by atoms with Crippen LogP contribution in [0, 0.1) is 17.1 Å². The van der Waals surface area contributed by atoms with Crippen LogP contribution in [-0.2, 0) is 12.8 Å². The number of nitriles is 1. The molecule has 0 amide bonds. The molecule has 0 saturated carbocycles. The van der Waals surface area contributed by atoms with Crippen molar-refractivity contribution in [1.82, 2.24) is 14.4 Å². The first-order chi connectivity index (χ1) is 10.8. The van der Waals surface area contributed by atoms with Crippen molar-refractivity contribution in [3.05, 3.63) is 53.2 Å². The summed E-state index contributed by atoms with van der Waals surface area (Å²) >= 11 is 0. The Hall–Kier alpha value is -2.74. The van der Waals surface area contributed by atoms with E-state index in [2.05, 4.69) is 4.98 Å². The van der Waals surface area contributed by atoms with Gasteiger partial charge in [0.05, 0.1) is 17.2 Å². The Morgan fingerprint density at radius 3 is 2.95 bits per heavy atom. The molecule has 0 bridgehead atoms. The summed E-state index contributed by atoms with van der Waals surface area (Å²) in [5.74, 6) is 0.139. The summed E-state index contributed by atoms with van der Waals surface area (Å²) in [5.41, 5.74) is 3.78. The van der Waals surface area contributed by atoms with E-state index in [9.17, 15) is 4.39 Å². The summed E-state index contributed by atoms with van der Waals surface area (Å²) in [6.07, 6.45) is 7.59. The summed E-state index contributed by atoms with van der Waals surface area (Å²) in [5, 5.41) is 9.05. The van der Waals surface area contributed by atoms with E-state index >= 15 is 0 Å². The lowest BCUT2D eigenvalue weighted by Gasteiger charge is -2.18. The van der Waals surface area contributed by atoms with Gasteiger partial charge >= 0.3 is 0 Å². The number of fused-ring (bicyclic) bond motifs is 3. The van der Waals surface area contributed by atoms with E-state index in [0.29, 0.717) is 17.0 Å². The van der Waals surface area contributed by atoms with Gasteiger partial charge in [-0.15, -0.1) is 0 Å². The van der Waals surface area contributed by atoms with Gasteiger partial charge in [0.2, 0.25) is 0 Å². The average molecular weight is 292 g/mol. The highest BCUT2D eigenvalue weighted by atomic mass is 19.1. The van der Waals surface area contributed by atoms with E-state index in [1.165, 1.54) is 12.1 Å². The third kappa shape index (κ3) is 1.88. The van der Waals surface area contributed by atoms with Gasteiger partial charge in [-0.1, -0.05) is 0 Å². The van der Waals surface area contributed by atoms with Gasteiger partial charge in [-0.3, -0.25) is 4.40 Å². The maximum absolute atomic E-state index is 14.3. The normalized spacial score (nSPS) is 13.8. The van der Waals surface area contributed by atoms with E-state index in [1.54, 1.807) is 18.5 Å². The van der Waals surface area contributed by atoms with Crippen LogP contribution in [0.5, 0.6) is 0 Å². The average Bonchev–Trinajstić information content (AvgIpc) is 3.05. The Labute approximate surface area is 126 Å². The minimum absolute atomic E-state index is 0.343. The Kier molecular flexibility index (Phi) is 2.90. The zero-order valence-corrected chi connectivity index (χ0v) is 11.9. The monoisotopic (exact) mass is 292 g/mol. The van der Waals surface area contributed by atoms with E-state index in [-0.39, 0.29) is 5.82 Å². The van der Waals surface area contributed by atoms with Crippen LogP contribution in [-0.4, -0.2) is 14.4 Å². The van der Waals surface area contributed by atoms with Crippen molar-refractivity contribution in [2.45, 2.75) is 25.7 Å². The first-order valence-corrected chi connectivity index (χ1v) is 7.33. The molecule has 5 heteroatoms. The molecule has 0 fully saturated rings. The van der Waals surface area contributed by atoms with E-state index in [0.717, 1.165) is 42.6 Å². The molecule has 2 heterocycles. The molecule has 0 N–H and O–H groups in total. The van der Waals surface area contributed by atoms with Gasteiger partial charge in [0.25, 0.3) is 0 Å². The fourth-order valence-electron chi connectivity index (χ4n) is 3.09.